The van der Waals surface area contributed by atoms with Crippen LogP contribution < -0.4 is 10.1 Å². The number of ether oxygens (including phenoxy) is 1. The Bertz CT molecular complexity index is 579. The van der Waals surface area contributed by atoms with Crippen molar-refractivity contribution >= 4 is 5.91 Å². The molecule has 0 saturated heterocycles. The maximum absolute atomic E-state index is 11.7. The second-order valence-corrected chi connectivity index (χ2v) is 4.51. The Kier molecular flexibility index (Phi) is 4.60. The number of benzene rings is 2. The summed E-state index contributed by atoms with van der Waals surface area (Å²) in [5, 5.41) is 12.3. The lowest BCUT2D eigenvalue weighted by Gasteiger charge is -2.08. The quantitative estimate of drug-likeness (QED) is 0.878. The van der Waals surface area contributed by atoms with E-state index in [0.717, 1.165) is 5.56 Å². The Morgan fingerprint density at radius 3 is 2.55 bits per heavy atom. The Morgan fingerprint density at radius 2 is 1.85 bits per heavy atom. The molecule has 0 aliphatic carbocycles. The Balaban J connectivity index is 1.78. The van der Waals surface area contributed by atoms with Gasteiger partial charge < -0.3 is 15.2 Å². The molecule has 2 aromatic rings. The largest absolute Gasteiger partial charge is 0.508 e. The minimum Gasteiger partial charge on any atom is -0.508 e. The number of hydrogen-bond donors (Lipinski definition) is 2. The predicted octanol–water partition coefficient (Wildman–Crippen LogP) is 2.40. The van der Waals surface area contributed by atoms with E-state index in [-0.39, 0.29) is 24.8 Å². The van der Waals surface area contributed by atoms with E-state index < -0.39 is 0 Å². The van der Waals surface area contributed by atoms with Crippen LogP contribution >= 0.6 is 0 Å². The van der Waals surface area contributed by atoms with Gasteiger partial charge in [0, 0.05) is 12.1 Å². The van der Waals surface area contributed by atoms with Crippen molar-refractivity contribution in [1.29, 1.82) is 0 Å². The summed E-state index contributed by atoms with van der Waals surface area (Å²) < 4.78 is 5.37. The van der Waals surface area contributed by atoms with E-state index in [1.54, 1.807) is 18.2 Å². The smallest absolute Gasteiger partial charge is 0.258 e. The van der Waals surface area contributed by atoms with Gasteiger partial charge >= 0.3 is 0 Å². The van der Waals surface area contributed by atoms with Gasteiger partial charge in [0.1, 0.15) is 11.5 Å². The molecule has 104 valence electrons. The van der Waals surface area contributed by atoms with Gasteiger partial charge in [0.15, 0.2) is 6.61 Å². The fourth-order valence-corrected chi connectivity index (χ4v) is 1.69. The van der Waals surface area contributed by atoms with Crippen LogP contribution in [0.5, 0.6) is 11.5 Å². The molecule has 2 rings (SSSR count). The highest BCUT2D eigenvalue weighted by atomic mass is 16.5. The first-order valence-corrected chi connectivity index (χ1v) is 6.38. The fraction of sp³-hybridized carbons (Fsp3) is 0.188. The molecule has 0 aliphatic rings. The van der Waals surface area contributed by atoms with Crippen molar-refractivity contribution in [3.8, 4) is 11.5 Å². The van der Waals surface area contributed by atoms with Crippen LogP contribution in [0.4, 0.5) is 0 Å². The molecule has 0 aromatic heterocycles. The summed E-state index contributed by atoms with van der Waals surface area (Å²) in [5.74, 6) is 0.606. The highest BCUT2D eigenvalue weighted by Crippen LogP contribution is 2.15. The van der Waals surface area contributed by atoms with E-state index >= 15 is 0 Å². The molecule has 2 aromatic carbocycles. The fourth-order valence-electron chi connectivity index (χ4n) is 1.69. The molecule has 0 heterocycles. The molecule has 0 atom stereocenters. The van der Waals surface area contributed by atoms with Crippen LogP contribution in [-0.4, -0.2) is 17.6 Å². The van der Waals surface area contributed by atoms with Gasteiger partial charge in [-0.25, -0.2) is 0 Å². The van der Waals surface area contributed by atoms with Crippen LogP contribution in [0, 0.1) is 6.92 Å². The first-order valence-electron chi connectivity index (χ1n) is 6.38. The summed E-state index contributed by atoms with van der Waals surface area (Å²) in [6.45, 7) is 2.22. The van der Waals surface area contributed by atoms with E-state index in [9.17, 15) is 9.90 Å². The average Bonchev–Trinajstić information content (AvgIpc) is 2.46. The van der Waals surface area contributed by atoms with Crippen LogP contribution in [0.15, 0.2) is 48.5 Å². The SMILES string of the molecule is Cc1ccc(OCC(=O)NCc2ccccc2O)cc1. The lowest BCUT2D eigenvalue weighted by Crippen LogP contribution is -2.28. The van der Waals surface area contributed by atoms with E-state index in [0.29, 0.717) is 11.3 Å². The highest BCUT2D eigenvalue weighted by Gasteiger charge is 2.05. The number of para-hydroxylation sites is 1. The van der Waals surface area contributed by atoms with Crippen LogP contribution in [0.3, 0.4) is 0 Å². The zero-order chi connectivity index (χ0) is 14.4. The van der Waals surface area contributed by atoms with E-state index in [4.69, 9.17) is 4.74 Å². The predicted molar refractivity (Wildman–Crippen MR) is 76.6 cm³/mol. The minimum absolute atomic E-state index is 0.0450. The highest BCUT2D eigenvalue weighted by molar-refractivity contribution is 5.77. The number of carbonyl (C=O) groups is 1. The van der Waals surface area contributed by atoms with E-state index in [2.05, 4.69) is 5.32 Å². The molecule has 0 aliphatic heterocycles. The number of phenolic OH excluding ortho intramolecular Hbond substituents is 1. The second-order valence-electron chi connectivity index (χ2n) is 4.51. The van der Waals surface area contributed by atoms with Crippen molar-refractivity contribution in [2.24, 2.45) is 0 Å². The van der Waals surface area contributed by atoms with Gasteiger partial charge in [-0.1, -0.05) is 35.9 Å². The molecular formula is C16H17NO3. The summed E-state index contributed by atoms with van der Waals surface area (Å²) >= 11 is 0. The maximum Gasteiger partial charge on any atom is 0.258 e. The number of rotatable bonds is 5. The molecule has 20 heavy (non-hydrogen) atoms. The summed E-state index contributed by atoms with van der Waals surface area (Å²) in [6.07, 6.45) is 0. The number of carbonyl (C=O) groups excluding carboxylic acids is 1. The third-order valence-electron chi connectivity index (χ3n) is 2.86. The number of hydrogen-bond acceptors (Lipinski definition) is 3. The number of aryl methyl sites for hydroxylation is 1. The number of amides is 1. The van der Waals surface area contributed by atoms with Gasteiger partial charge in [-0.05, 0) is 25.1 Å². The Labute approximate surface area is 118 Å². The summed E-state index contributed by atoms with van der Waals surface area (Å²) in [5.41, 5.74) is 1.82. The molecule has 0 saturated carbocycles. The second kappa shape index (κ2) is 6.61. The molecule has 2 N–H and O–H groups in total. The van der Waals surface area contributed by atoms with Crippen LogP contribution in [-0.2, 0) is 11.3 Å². The Morgan fingerprint density at radius 1 is 1.15 bits per heavy atom. The zero-order valence-electron chi connectivity index (χ0n) is 11.3. The number of aromatic hydroxyl groups is 1. The summed E-state index contributed by atoms with van der Waals surface area (Å²) in [6, 6.07) is 14.4. The zero-order valence-corrected chi connectivity index (χ0v) is 11.3. The van der Waals surface area contributed by atoms with Gasteiger partial charge in [-0.15, -0.1) is 0 Å². The van der Waals surface area contributed by atoms with Crippen LogP contribution in [0.1, 0.15) is 11.1 Å². The van der Waals surface area contributed by atoms with Crippen molar-refractivity contribution in [2.75, 3.05) is 6.61 Å². The first-order chi connectivity index (χ1) is 9.65. The average molecular weight is 271 g/mol. The van der Waals surface area contributed by atoms with Gasteiger partial charge in [-0.2, -0.15) is 0 Å². The molecule has 0 spiro atoms. The molecule has 1 amide bonds. The summed E-state index contributed by atoms with van der Waals surface area (Å²) in [4.78, 5) is 11.7. The lowest BCUT2D eigenvalue weighted by atomic mass is 10.2. The van der Waals surface area contributed by atoms with E-state index in [1.807, 2.05) is 37.3 Å². The van der Waals surface area contributed by atoms with Gasteiger partial charge in [0.2, 0.25) is 0 Å². The van der Waals surface area contributed by atoms with E-state index in [1.165, 1.54) is 0 Å². The molecule has 0 unspecified atom stereocenters. The number of nitrogens with one attached hydrogen (secondary N) is 1. The van der Waals surface area contributed by atoms with Crippen LogP contribution in [0.2, 0.25) is 0 Å². The van der Waals surface area contributed by atoms with Gasteiger partial charge in [0.25, 0.3) is 5.91 Å². The van der Waals surface area contributed by atoms with Gasteiger partial charge in [-0.3, -0.25) is 4.79 Å². The minimum atomic E-state index is -0.228. The normalized spacial score (nSPS) is 10.1. The van der Waals surface area contributed by atoms with Crippen molar-refractivity contribution in [3.05, 3.63) is 59.7 Å². The van der Waals surface area contributed by atoms with Crippen molar-refractivity contribution < 1.29 is 14.6 Å². The molecule has 4 heteroatoms. The monoisotopic (exact) mass is 271 g/mol. The summed E-state index contributed by atoms with van der Waals surface area (Å²) in [7, 11) is 0. The topological polar surface area (TPSA) is 58.6 Å². The third-order valence-corrected chi connectivity index (χ3v) is 2.86. The molecule has 0 fully saturated rings. The number of phenols is 1. The molecule has 0 bridgehead atoms. The molecule has 0 radical (unpaired) electrons. The van der Waals surface area contributed by atoms with Crippen molar-refractivity contribution in [2.45, 2.75) is 13.5 Å². The Hall–Kier alpha value is -2.49. The molecular weight excluding hydrogens is 254 g/mol. The maximum atomic E-state index is 11.7. The first kappa shape index (κ1) is 13.9. The standard InChI is InChI=1S/C16H17NO3/c1-12-6-8-14(9-7-12)20-11-16(19)17-10-13-4-2-3-5-15(13)18/h2-9,18H,10-11H2,1H3,(H,17,19). The van der Waals surface area contributed by atoms with Gasteiger partial charge in [0.05, 0.1) is 0 Å². The lowest BCUT2D eigenvalue weighted by molar-refractivity contribution is -0.123. The molecule has 4 nitrogen and oxygen atoms in total. The van der Waals surface area contributed by atoms with Crippen molar-refractivity contribution in [1.82, 2.24) is 5.32 Å². The van der Waals surface area contributed by atoms with Crippen LogP contribution in [0.25, 0.3) is 0 Å². The van der Waals surface area contributed by atoms with Crippen molar-refractivity contribution in [3.63, 3.8) is 0 Å². The third kappa shape index (κ3) is 4.02.